The molecule has 3 aromatic rings. The average Bonchev–Trinajstić information content (AvgIpc) is 3.19. The maximum atomic E-state index is 12.1. The van der Waals surface area contributed by atoms with Gasteiger partial charge in [-0.05, 0) is 16.7 Å². The van der Waals surface area contributed by atoms with E-state index in [9.17, 15) is 16.8 Å². The molecule has 1 saturated heterocycles. The predicted molar refractivity (Wildman–Crippen MR) is 140 cm³/mol. The second-order valence-electron chi connectivity index (χ2n) is 8.90. The molecule has 1 aliphatic heterocycles. The lowest BCUT2D eigenvalue weighted by molar-refractivity contribution is -0.158. The summed E-state index contributed by atoms with van der Waals surface area (Å²) >= 11 is 0. The topological polar surface area (TPSA) is 114 Å². The van der Waals surface area contributed by atoms with E-state index in [1.807, 2.05) is 91.0 Å². The van der Waals surface area contributed by atoms with Crippen molar-refractivity contribution in [3.63, 3.8) is 0 Å². The molecule has 0 bridgehead atoms. The van der Waals surface area contributed by atoms with Crippen LogP contribution in [0, 0.1) is 0 Å². The molecule has 9 nitrogen and oxygen atoms in total. The van der Waals surface area contributed by atoms with Crippen molar-refractivity contribution in [3.05, 3.63) is 108 Å². The van der Waals surface area contributed by atoms with Crippen LogP contribution >= 0.6 is 0 Å². The SMILES string of the molecule is COC1O[C@H](COC(c2ccccc2)(c2ccccc2)c2ccccc2)[C@H](OS(C)(=O)=O)[C@H]1OS(C)(=O)=O. The van der Waals surface area contributed by atoms with Gasteiger partial charge in [0, 0.05) is 7.11 Å². The molecule has 4 rings (SSSR count). The molecule has 1 aliphatic rings. The zero-order chi connectivity index (χ0) is 27.4. The zero-order valence-electron chi connectivity index (χ0n) is 21.2. The third-order valence-corrected chi connectivity index (χ3v) is 7.22. The van der Waals surface area contributed by atoms with Crippen LogP contribution in [-0.4, -0.2) is 67.7 Å². The Bertz CT molecular complexity index is 1300. The van der Waals surface area contributed by atoms with Crippen LogP contribution in [0.2, 0.25) is 0 Å². The molecular formula is C27H30O9S2. The molecule has 38 heavy (non-hydrogen) atoms. The first kappa shape index (κ1) is 28.4. The van der Waals surface area contributed by atoms with Crippen LogP contribution in [0.25, 0.3) is 0 Å². The Hall–Kier alpha value is -2.64. The quantitative estimate of drug-likeness (QED) is 0.257. The van der Waals surface area contributed by atoms with E-state index in [0.717, 1.165) is 29.2 Å². The molecular weight excluding hydrogens is 532 g/mol. The molecule has 0 saturated carbocycles. The fourth-order valence-corrected chi connectivity index (χ4v) is 5.85. The lowest BCUT2D eigenvalue weighted by Crippen LogP contribution is -2.43. The molecule has 11 heteroatoms. The Balaban J connectivity index is 1.79. The molecule has 1 fully saturated rings. The minimum atomic E-state index is -4.04. The van der Waals surface area contributed by atoms with Gasteiger partial charge < -0.3 is 14.2 Å². The first-order chi connectivity index (χ1) is 18.0. The largest absolute Gasteiger partial charge is 0.358 e. The van der Waals surface area contributed by atoms with Gasteiger partial charge in [0.1, 0.15) is 17.8 Å². The van der Waals surface area contributed by atoms with Crippen LogP contribution in [0.5, 0.6) is 0 Å². The van der Waals surface area contributed by atoms with Crippen molar-refractivity contribution < 1.29 is 39.4 Å². The number of ether oxygens (including phenoxy) is 3. The summed E-state index contributed by atoms with van der Waals surface area (Å²) in [6.07, 6.45) is -3.29. The zero-order valence-corrected chi connectivity index (χ0v) is 22.8. The highest BCUT2D eigenvalue weighted by Crippen LogP contribution is 2.41. The summed E-state index contributed by atoms with van der Waals surface area (Å²) in [6.45, 7) is -0.192. The Morgan fingerprint density at radius 2 is 1.08 bits per heavy atom. The molecule has 0 aliphatic carbocycles. The molecule has 1 heterocycles. The normalized spacial score (nSPS) is 22.4. The van der Waals surface area contributed by atoms with Crippen molar-refractivity contribution in [1.29, 1.82) is 0 Å². The summed E-state index contributed by atoms with van der Waals surface area (Å²) in [5, 5.41) is 0. The van der Waals surface area contributed by atoms with Crippen LogP contribution in [0.3, 0.4) is 0 Å². The summed E-state index contributed by atoms with van der Waals surface area (Å²) in [7, 11) is -6.75. The van der Waals surface area contributed by atoms with E-state index in [1.54, 1.807) is 0 Å². The van der Waals surface area contributed by atoms with Gasteiger partial charge >= 0.3 is 0 Å². The van der Waals surface area contributed by atoms with Gasteiger partial charge in [0.2, 0.25) is 0 Å². The predicted octanol–water partition coefficient (Wildman–Crippen LogP) is 3.06. The molecule has 4 atom stereocenters. The van der Waals surface area contributed by atoms with Gasteiger partial charge in [-0.15, -0.1) is 0 Å². The highest BCUT2D eigenvalue weighted by atomic mass is 32.2. The van der Waals surface area contributed by atoms with Crippen LogP contribution in [-0.2, 0) is 48.4 Å². The number of benzene rings is 3. The van der Waals surface area contributed by atoms with Crippen molar-refractivity contribution in [2.45, 2.75) is 30.2 Å². The molecule has 0 radical (unpaired) electrons. The van der Waals surface area contributed by atoms with Crippen molar-refractivity contribution in [2.75, 3.05) is 26.2 Å². The monoisotopic (exact) mass is 562 g/mol. The van der Waals surface area contributed by atoms with Gasteiger partial charge in [0.05, 0.1) is 19.1 Å². The van der Waals surface area contributed by atoms with Gasteiger partial charge in [0.25, 0.3) is 20.2 Å². The standard InChI is InChI=1S/C27H30O9S2/c1-32-26-25(36-38(3,30)31)24(35-37(2,28)29)23(34-26)19-33-27(20-13-7-4-8-14-20,21-15-9-5-10-16-21)22-17-11-6-12-18-22/h4-18,23-26H,19H2,1-3H3/t23-,24+,25-,26?/m1/s1. The first-order valence-corrected chi connectivity index (χ1v) is 15.4. The lowest BCUT2D eigenvalue weighted by atomic mass is 9.80. The molecule has 204 valence electrons. The van der Waals surface area contributed by atoms with E-state index >= 15 is 0 Å². The Labute approximate surface area is 223 Å². The van der Waals surface area contributed by atoms with Gasteiger partial charge in [-0.1, -0.05) is 91.0 Å². The third kappa shape index (κ3) is 6.49. The summed E-state index contributed by atoms with van der Waals surface area (Å²) in [4.78, 5) is 0. The molecule has 3 aromatic carbocycles. The van der Waals surface area contributed by atoms with Gasteiger partial charge in [-0.2, -0.15) is 16.8 Å². The number of methoxy groups -OCH3 is 1. The maximum Gasteiger partial charge on any atom is 0.264 e. The van der Waals surface area contributed by atoms with Crippen LogP contribution < -0.4 is 0 Å². The van der Waals surface area contributed by atoms with Gasteiger partial charge in [-0.25, -0.2) is 0 Å². The van der Waals surface area contributed by atoms with Crippen LogP contribution in [0.4, 0.5) is 0 Å². The maximum absolute atomic E-state index is 12.1. The van der Waals surface area contributed by atoms with E-state index < -0.39 is 50.4 Å². The van der Waals surface area contributed by atoms with Crippen molar-refractivity contribution in [3.8, 4) is 0 Å². The van der Waals surface area contributed by atoms with Gasteiger partial charge in [-0.3, -0.25) is 8.37 Å². The van der Waals surface area contributed by atoms with Crippen molar-refractivity contribution >= 4 is 20.2 Å². The molecule has 0 amide bonds. The second kappa shape index (κ2) is 11.6. The Morgan fingerprint density at radius 1 is 0.684 bits per heavy atom. The summed E-state index contributed by atoms with van der Waals surface area (Å²) in [6, 6.07) is 28.7. The summed E-state index contributed by atoms with van der Waals surface area (Å²) < 4.78 is 76.6. The number of rotatable bonds is 11. The number of hydrogen-bond donors (Lipinski definition) is 0. The van der Waals surface area contributed by atoms with Gasteiger partial charge in [0.15, 0.2) is 12.4 Å². The summed E-state index contributed by atoms with van der Waals surface area (Å²) in [5.74, 6) is 0. The highest BCUT2D eigenvalue weighted by Gasteiger charge is 2.51. The van der Waals surface area contributed by atoms with Crippen molar-refractivity contribution in [2.24, 2.45) is 0 Å². The van der Waals surface area contributed by atoms with E-state index in [1.165, 1.54) is 7.11 Å². The van der Waals surface area contributed by atoms with Crippen molar-refractivity contribution in [1.82, 2.24) is 0 Å². The fourth-order valence-electron chi connectivity index (χ4n) is 4.61. The van der Waals surface area contributed by atoms with E-state index in [0.29, 0.717) is 0 Å². The van der Waals surface area contributed by atoms with E-state index in [4.69, 9.17) is 22.6 Å². The van der Waals surface area contributed by atoms with Crippen LogP contribution in [0.15, 0.2) is 91.0 Å². The summed E-state index contributed by atoms with van der Waals surface area (Å²) in [5.41, 5.74) is 1.34. The minimum absolute atomic E-state index is 0.192. The molecule has 1 unspecified atom stereocenters. The Morgan fingerprint density at radius 3 is 1.45 bits per heavy atom. The number of hydrogen-bond acceptors (Lipinski definition) is 9. The molecule has 0 N–H and O–H groups in total. The lowest BCUT2D eigenvalue weighted by Gasteiger charge is -2.37. The van der Waals surface area contributed by atoms with Crippen LogP contribution in [0.1, 0.15) is 16.7 Å². The highest BCUT2D eigenvalue weighted by molar-refractivity contribution is 7.86. The van der Waals surface area contributed by atoms with E-state index in [2.05, 4.69) is 0 Å². The second-order valence-corrected chi connectivity index (χ2v) is 12.1. The Kier molecular flexibility index (Phi) is 8.68. The minimum Gasteiger partial charge on any atom is -0.358 e. The molecule has 0 aromatic heterocycles. The first-order valence-electron chi connectivity index (χ1n) is 11.8. The third-order valence-electron chi connectivity index (χ3n) is 6.08. The smallest absolute Gasteiger partial charge is 0.264 e. The average molecular weight is 563 g/mol. The molecule has 0 spiro atoms. The van der Waals surface area contributed by atoms with E-state index in [-0.39, 0.29) is 6.61 Å². The fraction of sp³-hybridized carbons (Fsp3) is 0.333.